The van der Waals surface area contributed by atoms with Crippen molar-refractivity contribution in [3.05, 3.63) is 89.0 Å². The molecule has 0 spiro atoms. The Kier molecular flexibility index (Phi) is 7.22. The lowest BCUT2D eigenvalue weighted by molar-refractivity contribution is 0.104. The minimum atomic E-state index is 0.0597. The van der Waals surface area contributed by atoms with Gasteiger partial charge in [0.05, 0.1) is 0 Å². The first-order valence-corrected chi connectivity index (χ1v) is 8.73. The number of ketones is 1. The maximum atomic E-state index is 12.3. The molecule has 0 radical (unpaired) electrons. The Hall–Kier alpha value is -2.41. The first-order chi connectivity index (χ1) is 11.7. The van der Waals surface area contributed by atoms with Gasteiger partial charge in [0.15, 0.2) is 5.78 Å². The highest BCUT2D eigenvalue weighted by molar-refractivity contribution is 6.04. The molecular weight excluding hydrogens is 292 g/mol. The Morgan fingerprint density at radius 2 is 1.62 bits per heavy atom. The van der Waals surface area contributed by atoms with Gasteiger partial charge in [-0.3, -0.25) is 4.79 Å². The fourth-order valence-electron chi connectivity index (χ4n) is 2.54. The van der Waals surface area contributed by atoms with Gasteiger partial charge in [-0.1, -0.05) is 92.1 Å². The molecule has 0 fully saturated rings. The van der Waals surface area contributed by atoms with Crippen LogP contribution in [0, 0.1) is 6.92 Å². The SMILES string of the molecule is CCCCCC(=C/c1ccccc1)/C=C/C(=O)c1ccc(C)cc1. The van der Waals surface area contributed by atoms with Crippen LogP contribution in [0.3, 0.4) is 0 Å². The first kappa shape index (κ1) is 17.9. The fourth-order valence-corrected chi connectivity index (χ4v) is 2.54. The molecule has 0 aliphatic heterocycles. The molecule has 0 aliphatic carbocycles. The van der Waals surface area contributed by atoms with E-state index in [1.54, 1.807) is 6.08 Å². The van der Waals surface area contributed by atoms with Crippen LogP contribution in [-0.4, -0.2) is 5.78 Å². The molecule has 1 heteroatoms. The zero-order chi connectivity index (χ0) is 17.2. The lowest BCUT2D eigenvalue weighted by atomic mass is 10.0. The van der Waals surface area contributed by atoms with Crippen molar-refractivity contribution >= 4 is 11.9 Å². The predicted octanol–water partition coefficient (Wildman–Crippen LogP) is 6.40. The number of unbranched alkanes of at least 4 members (excludes halogenated alkanes) is 2. The normalized spacial score (nSPS) is 11.8. The number of hydrogen-bond donors (Lipinski definition) is 0. The van der Waals surface area contributed by atoms with Gasteiger partial charge in [0.25, 0.3) is 0 Å². The second-order valence-corrected chi connectivity index (χ2v) is 6.15. The van der Waals surface area contributed by atoms with Crippen LogP contribution in [0.5, 0.6) is 0 Å². The number of benzene rings is 2. The summed E-state index contributed by atoms with van der Waals surface area (Å²) in [5.74, 6) is 0.0597. The van der Waals surface area contributed by atoms with Gasteiger partial charge in [0, 0.05) is 5.56 Å². The van der Waals surface area contributed by atoms with Gasteiger partial charge in [-0.15, -0.1) is 0 Å². The van der Waals surface area contributed by atoms with Crippen LogP contribution in [0.4, 0.5) is 0 Å². The Morgan fingerprint density at radius 3 is 2.29 bits per heavy atom. The van der Waals surface area contributed by atoms with E-state index >= 15 is 0 Å². The number of carbonyl (C=O) groups is 1. The molecule has 24 heavy (non-hydrogen) atoms. The molecule has 124 valence electrons. The molecule has 0 unspecified atom stereocenters. The van der Waals surface area contributed by atoms with Gasteiger partial charge in [-0.05, 0) is 37.0 Å². The second kappa shape index (κ2) is 9.67. The standard InChI is InChI=1S/C23H26O/c1-3-4-6-9-21(18-20-10-7-5-8-11-20)14-17-23(24)22-15-12-19(2)13-16-22/h5,7-8,10-18H,3-4,6,9H2,1-2H3/b17-14+,21-18-. The molecule has 2 aromatic carbocycles. The van der Waals surface area contributed by atoms with Crippen molar-refractivity contribution in [2.45, 2.75) is 39.5 Å². The van der Waals surface area contributed by atoms with Crippen molar-refractivity contribution in [2.75, 3.05) is 0 Å². The molecule has 1 nitrogen and oxygen atoms in total. The maximum Gasteiger partial charge on any atom is 0.185 e. The zero-order valence-electron chi connectivity index (χ0n) is 14.7. The van der Waals surface area contributed by atoms with E-state index in [-0.39, 0.29) is 5.78 Å². The van der Waals surface area contributed by atoms with Crippen LogP contribution < -0.4 is 0 Å². The molecule has 0 heterocycles. The van der Waals surface area contributed by atoms with E-state index in [0.717, 1.165) is 18.4 Å². The minimum Gasteiger partial charge on any atom is -0.289 e. The third-order valence-corrected chi connectivity index (χ3v) is 4.01. The first-order valence-electron chi connectivity index (χ1n) is 8.73. The monoisotopic (exact) mass is 318 g/mol. The molecule has 0 atom stereocenters. The summed E-state index contributed by atoms with van der Waals surface area (Å²) in [5.41, 5.74) is 4.29. The van der Waals surface area contributed by atoms with Gasteiger partial charge in [-0.2, -0.15) is 0 Å². The average Bonchev–Trinajstić information content (AvgIpc) is 2.61. The minimum absolute atomic E-state index is 0.0597. The van der Waals surface area contributed by atoms with Gasteiger partial charge >= 0.3 is 0 Å². The number of allylic oxidation sites excluding steroid dienone is 3. The van der Waals surface area contributed by atoms with E-state index in [1.807, 2.05) is 55.5 Å². The molecule has 2 rings (SSSR count). The van der Waals surface area contributed by atoms with Crippen molar-refractivity contribution in [1.29, 1.82) is 0 Å². The number of aryl methyl sites for hydroxylation is 1. The largest absolute Gasteiger partial charge is 0.289 e. The zero-order valence-corrected chi connectivity index (χ0v) is 14.7. The lowest BCUT2D eigenvalue weighted by Gasteiger charge is -2.03. The molecule has 0 saturated heterocycles. The molecule has 0 aromatic heterocycles. The van der Waals surface area contributed by atoms with Gasteiger partial charge in [-0.25, -0.2) is 0 Å². The summed E-state index contributed by atoms with van der Waals surface area (Å²) in [5, 5.41) is 0. The van der Waals surface area contributed by atoms with Gasteiger partial charge < -0.3 is 0 Å². The van der Waals surface area contributed by atoms with Crippen molar-refractivity contribution < 1.29 is 4.79 Å². The Balaban J connectivity index is 2.13. The topological polar surface area (TPSA) is 17.1 Å². The highest BCUT2D eigenvalue weighted by Crippen LogP contribution is 2.16. The number of carbonyl (C=O) groups excluding carboxylic acids is 1. The van der Waals surface area contributed by atoms with E-state index in [2.05, 4.69) is 25.1 Å². The maximum absolute atomic E-state index is 12.3. The second-order valence-electron chi connectivity index (χ2n) is 6.15. The summed E-state index contributed by atoms with van der Waals surface area (Å²) in [4.78, 5) is 12.3. The summed E-state index contributed by atoms with van der Waals surface area (Å²) < 4.78 is 0. The van der Waals surface area contributed by atoms with Crippen molar-refractivity contribution in [3.8, 4) is 0 Å². The highest BCUT2D eigenvalue weighted by Gasteiger charge is 2.02. The molecule has 0 bridgehead atoms. The lowest BCUT2D eigenvalue weighted by Crippen LogP contribution is -1.94. The molecular formula is C23H26O. The summed E-state index contributed by atoms with van der Waals surface area (Å²) in [6.07, 6.45) is 10.4. The van der Waals surface area contributed by atoms with Gasteiger partial charge in [0.2, 0.25) is 0 Å². The molecule has 0 aliphatic rings. The third kappa shape index (κ3) is 6.00. The summed E-state index contributed by atoms with van der Waals surface area (Å²) in [6.45, 7) is 4.23. The quantitative estimate of drug-likeness (QED) is 0.238. The summed E-state index contributed by atoms with van der Waals surface area (Å²) in [7, 11) is 0. The predicted molar refractivity (Wildman–Crippen MR) is 103 cm³/mol. The molecule has 0 amide bonds. The van der Waals surface area contributed by atoms with Crippen molar-refractivity contribution in [1.82, 2.24) is 0 Å². The number of hydrogen-bond acceptors (Lipinski definition) is 1. The van der Waals surface area contributed by atoms with Gasteiger partial charge in [0.1, 0.15) is 0 Å². The van der Waals surface area contributed by atoms with Crippen LogP contribution in [0.1, 0.15) is 54.1 Å². The Morgan fingerprint density at radius 1 is 0.917 bits per heavy atom. The third-order valence-electron chi connectivity index (χ3n) is 4.01. The fraction of sp³-hybridized carbons (Fsp3) is 0.261. The van der Waals surface area contributed by atoms with E-state index in [9.17, 15) is 4.79 Å². The molecule has 0 N–H and O–H groups in total. The molecule has 2 aromatic rings. The smallest absolute Gasteiger partial charge is 0.185 e. The average molecular weight is 318 g/mol. The van der Waals surface area contributed by atoms with Crippen molar-refractivity contribution in [3.63, 3.8) is 0 Å². The van der Waals surface area contributed by atoms with Crippen LogP contribution in [0.15, 0.2) is 72.3 Å². The van der Waals surface area contributed by atoms with E-state index in [1.165, 1.54) is 29.5 Å². The summed E-state index contributed by atoms with van der Waals surface area (Å²) in [6, 6.07) is 18.0. The van der Waals surface area contributed by atoms with Crippen molar-refractivity contribution in [2.24, 2.45) is 0 Å². The van der Waals surface area contributed by atoms with Crippen LogP contribution in [0.2, 0.25) is 0 Å². The van der Waals surface area contributed by atoms with Crippen LogP contribution >= 0.6 is 0 Å². The van der Waals surface area contributed by atoms with E-state index < -0.39 is 0 Å². The summed E-state index contributed by atoms with van der Waals surface area (Å²) >= 11 is 0. The van der Waals surface area contributed by atoms with E-state index in [0.29, 0.717) is 0 Å². The van der Waals surface area contributed by atoms with Crippen LogP contribution in [0.25, 0.3) is 6.08 Å². The Labute approximate surface area is 145 Å². The Bertz CT molecular complexity index is 691. The molecule has 0 saturated carbocycles. The van der Waals surface area contributed by atoms with Crippen LogP contribution in [-0.2, 0) is 0 Å². The van der Waals surface area contributed by atoms with E-state index in [4.69, 9.17) is 0 Å². The highest BCUT2D eigenvalue weighted by atomic mass is 16.1. The number of rotatable bonds is 8.